The highest BCUT2D eigenvalue weighted by Crippen LogP contribution is 2.22. The Bertz CT molecular complexity index is 323. The number of nitrogens with zero attached hydrogens (tertiary/aromatic N) is 1. The van der Waals surface area contributed by atoms with Crippen LogP contribution in [-0.2, 0) is 10.0 Å². The zero-order chi connectivity index (χ0) is 11.6. The van der Waals surface area contributed by atoms with E-state index in [0.29, 0.717) is 12.5 Å². The molecule has 2 aliphatic heterocycles. The van der Waals surface area contributed by atoms with Crippen LogP contribution in [-0.4, -0.2) is 44.2 Å². The molecule has 0 radical (unpaired) electrons. The van der Waals surface area contributed by atoms with Crippen molar-refractivity contribution in [3.8, 4) is 0 Å². The lowest BCUT2D eigenvalue weighted by Gasteiger charge is -2.23. The van der Waals surface area contributed by atoms with Gasteiger partial charge in [-0.05, 0) is 38.1 Å². The fourth-order valence-electron chi connectivity index (χ4n) is 2.58. The Morgan fingerprint density at radius 2 is 2.00 bits per heavy atom. The van der Waals surface area contributed by atoms with E-state index in [2.05, 4.69) is 12.2 Å². The van der Waals surface area contributed by atoms with Crippen molar-refractivity contribution >= 4 is 10.0 Å². The molecule has 0 amide bonds. The normalized spacial score (nSPS) is 33.8. The topological polar surface area (TPSA) is 49.4 Å². The molecule has 2 heterocycles. The summed E-state index contributed by atoms with van der Waals surface area (Å²) in [7, 11) is -3.04. The van der Waals surface area contributed by atoms with E-state index in [1.54, 1.807) is 4.31 Å². The first-order valence-electron chi connectivity index (χ1n) is 6.30. The molecule has 2 atom stereocenters. The number of hydrogen-bond acceptors (Lipinski definition) is 3. The molecule has 0 aromatic heterocycles. The van der Waals surface area contributed by atoms with Crippen LogP contribution in [0.3, 0.4) is 0 Å². The van der Waals surface area contributed by atoms with Gasteiger partial charge in [0.15, 0.2) is 0 Å². The predicted octanol–water partition coefficient (Wildman–Crippen LogP) is 0.800. The van der Waals surface area contributed by atoms with Crippen molar-refractivity contribution in [3.63, 3.8) is 0 Å². The van der Waals surface area contributed by atoms with Crippen LogP contribution < -0.4 is 5.32 Å². The van der Waals surface area contributed by atoms with Crippen molar-refractivity contribution in [2.24, 2.45) is 5.92 Å². The summed E-state index contributed by atoms with van der Waals surface area (Å²) in [6, 6.07) is 0. The fraction of sp³-hybridized carbons (Fsp3) is 1.00. The standard InChI is InChI=1S/C11H22N2O2S/c1-10-3-2-7-13(8-5-10)16(14,15)11-4-6-12-9-11/h10-12H,2-9H2,1H3. The molecule has 0 saturated carbocycles. The second kappa shape index (κ2) is 5.02. The highest BCUT2D eigenvalue weighted by atomic mass is 32.2. The highest BCUT2D eigenvalue weighted by Gasteiger charge is 2.34. The van der Waals surface area contributed by atoms with Gasteiger partial charge >= 0.3 is 0 Å². The summed E-state index contributed by atoms with van der Waals surface area (Å²) in [5.41, 5.74) is 0. The highest BCUT2D eigenvalue weighted by molar-refractivity contribution is 7.89. The lowest BCUT2D eigenvalue weighted by molar-refractivity contribution is 0.410. The summed E-state index contributed by atoms with van der Waals surface area (Å²) in [6.07, 6.45) is 3.96. The molecular weight excluding hydrogens is 224 g/mol. The maximum Gasteiger partial charge on any atom is 0.218 e. The number of hydrogen-bond donors (Lipinski definition) is 1. The molecule has 94 valence electrons. The SMILES string of the molecule is CC1CCCN(S(=O)(=O)C2CCNC2)CC1. The van der Waals surface area contributed by atoms with Gasteiger partial charge in [0.1, 0.15) is 0 Å². The van der Waals surface area contributed by atoms with Crippen LogP contribution in [0.4, 0.5) is 0 Å². The van der Waals surface area contributed by atoms with Crippen LogP contribution in [0.15, 0.2) is 0 Å². The van der Waals surface area contributed by atoms with Gasteiger partial charge in [0.2, 0.25) is 10.0 Å². The lowest BCUT2D eigenvalue weighted by atomic mass is 10.0. The summed E-state index contributed by atoms with van der Waals surface area (Å²) in [4.78, 5) is 0. The van der Waals surface area contributed by atoms with Gasteiger partial charge in [-0.3, -0.25) is 0 Å². The van der Waals surface area contributed by atoms with E-state index >= 15 is 0 Å². The molecular formula is C11H22N2O2S. The Balaban J connectivity index is 2.04. The third-order valence-corrected chi connectivity index (χ3v) is 6.10. The second-order valence-electron chi connectivity index (χ2n) is 5.09. The van der Waals surface area contributed by atoms with Crippen molar-refractivity contribution in [3.05, 3.63) is 0 Å². The van der Waals surface area contributed by atoms with E-state index in [9.17, 15) is 8.42 Å². The van der Waals surface area contributed by atoms with Crippen molar-refractivity contribution in [2.75, 3.05) is 26.2 Å². The molecule has 4 nitrogen and oxygen atoms in total. The molecule has 5 heteroatoms. The first-order chi connectivity index (χ1) is 7.60. The molecule has 0 spiro atoms. The minimum atomic E-state index is -3.04. The van der Waals surface area contributed by atoms with Crippen LogP contribution in [0.5, 0.6) is 0 Å². The van der Waals surface area contributed by atoms with Gasteiger partial charge in [-0.1, -0.05) is 6.92 Å². The van der Waals surface area contributed by atoms with E-state index < -0.39 is 10.0 Å². The Morgan fingerprint density at radius 1 is 1.19 bits per heavy atom. The fourth-order valence-corrected chi connectivity index (χ4v) is 4.49. The zero-order valence-corrected chi connectivity index (χ0v) is 10.8. The van der Waals surface area contributed by atoms with Gasteiger partial charge in [0.05, 0.1) is 5.25 Å². The Morgan fingerprint density at radius 3 is 2.69 bits per heavy atom. The van der Waals surface area contributed by atoms with E-state index in [1.165, 1.54) is 0 Å². The maximum atomic E-state index is 12.3. The zero-order valence-electron chi connectivity index (χ0n) is 9.98. The smallest absolute Gasteiger partial charge is 0.218 e. The third-order valence-electron chi connectivity index (χ3n) is 3.77. The second-order valence-corrected chi connectivity index (χ2v) is 7.31. The van der Waals surface area contributed by atoms with Gasteiger partial charge in [-0.25, -0.2) is 12.7 Å². The van der Waals surface area contributed by atoms with E-state index in [1.807, 2.05) is 0 Å². The van der Waals surface area contributed by atoms with Gasteiger partial charge in [0, 0.05) is 19.6 Å². The molecule has 0 aromatic rings. The van der Waals surface area contributed by atoms with Gasteiger partial charge < -0.3 is 5.32 Å². The predicted molar refractivity (Wildman–Crippen MR) is 64.8 cm³/mol. The Labute approximate surface area is 98.4 Å². The van der Waals surface area contributed by atoms with Crippen molar-refractivity contribution in [2.45, 2.75) is 37.9 Å². The molecule has 0 aromatic carbocycles. The van der Waals surface area contributed by atoms with E-state index in [4.69, 9.17) is 0 Å². The van der Waals surface area contributed by atoms with Crippen molar-refractivity contribution < 1.29 is 8.42 Å². The molecule has 2 rings (SSSR count). The molecule has 2 fully saturated rings. The Kier molecular flexibility index (Phi) is 3.87. The number of rotatable bonds is 2. The van der Waals surface area contributed by atoms with Crippen LogP contribution in [0.2, 0.25) is 0 Å². The summed E-state index contributed by atoms with van der Waals surface area (Å²) >= 11 is 0. The largest absolute Gasteiger partial charge is 0.315 e. The summed E-state index contributed by atoms with van der Waals surface area (Å²) < 4.78 is 26.4. The molecule has 2 saturated heterocycles. The first kappa shape index (κ1) is 12.3. The molecule has 16 heavy (non-hydrogen) atoms. The Hall–Kier alpha value is -0.130. The van der Waals surface area contributed by atoms with Crippen LogP contribution in [0, 0.1) is 5.92 Å². The van der Waals surface area contributed by atoms with Crippen LogP contribution >= 0.6 is 0 Å². The van der Waals surface area contributed by atoms with E-state index in [0.717, 1.165) is 45.3 Å². The monoisotopic (exact) mass is 246 g/mol. The third kappa shape index (κ3) is 2.57. The summed E-state index contributed by atoms with van der Waals surface area (Å²) in [5, 5.41) is 2.96. The van der Waals surface area contributed by atoms with Gasteiger partial charge in [-0.2, -0.15) is 0 Å². The van der Waals surface area contributed by atoms with E-state index in [-0.39, 0.29) is 5.25 Å². The van der Waals surface area contributed by atoms with Gasteiger partial charge in [-0.15, -0.1) is 0 Å². The summed E-state index contributed by atoms with van der Waals surface area (Å²) in [6.45, 7) is 5.14. The number of nitrogens with one attached hydrogen (secondary N) is 1. The molecule has 2 unspecified atom stereocenters. The average molecular weight is 246 g/mol. The van der Waals surface area contributed by atoms with Crippen LogP contribution in [0.25, 0.3) is 0 Å². The molecule has 0 aliphatic carbocycles. The minimum absolute atomic E-state index is 0.180. The average Bonchev–Trinajstić information content (AvgIpc) is 2.68. The molecule has 2 aliphatic rings. The van der Waals surface area contributed by atoms with Crippen molar-refractivity contribution in [1.29, 1.82) is 0 Å². The molecule has 0 bridgehead atoms. The molecule has 1 N–H and O–H groups in total. The number of sulfonamides is 1. The lowest BCUT2D eigenvalue weighted by Crippen LogP contribution is -2.40. The maximum absolute atomic E-state index is 12.3. The van der Waals surface area contributed by atoms with Gasteiger partial charge in [0.25, 0.3) is 0 Å². The van der Waals surface area contributed by atoms with Crippen LogP contribution in [0.1, 0.15) is 32.6 Å². The first-order valence-corrected chi connectivity index (χ1v) is 7.80. The quantitative estimate of drug-likeness (QED) is 0.784. The van der Waals surface area contributed by atoms with Crippen molar-refractivity contribution in [1.82, 2.24) is 9.62 Å². The minimum Gasteiger partial charge on any atom is -0.315 e. The summed E-state index contributed by atoms with van der Waals surface area (Å²) in [5.74, 6) is 0.668.